The first-order valence-electron chi connectivity index (χ1n) is 9.38. The Morgan fingerprint density at radius 1 is 1.27 bits per heavy atom. The molecule has 1 amide bonds. The maximum absolute atomic E-state index is 11.2. The molecule has 3 rings (SSSR count). The molecule has 0 aromatic heterocycles. The third kappa shape index (κ3) is 4.77. The van der Waals surface area contributed by atoms with E-state index in [1.807, 2.05) is 7.05 Å². The second kappa shape index (κ2) is 8.74. The molecular weight excluding hydrogens is 326 g/mol. The number of carbonyl (C=O) groups is 1. The molecule has 2 aliphatic heterocycles. The van der Waals surface area contributed by atoms with Gasteiger partial charge in [-0.2, -0.15) is 0 Å². The molecule has 1 atom stereocenters. The van der Waals surface area contributed by atoms with Gasteiger partial charge in [0, 0.05) is 51.9 Å². The molecule has 0 radical (unpaired) electrons. The normalized spacial score (nSPS) is 20.5. The summed E-state index contributed by atoms with van der Waals surface area (Å²) in [5, 5.41) is 3.45. The van der Waals surface area contributed by atoms with E-state index < -0.39 is 0 Å². The van der Waals surface area contributed by atoms with Crippen LogP contribution in [-0.4, -0.2) is 50.0 Å². The molecule has 6 nitrogen and oxygen atoms in total. The molecular formula is C20H29N5O. The van der Waals surface area contributed by atoms with Crippen LogP contribution in [0.3, 0.4) is 0 Å². The monoisotopic (exact) mass is 355 g/mol. The number of nitrogens with one attached hydrogen (secondary N) is 1. The lowest BCUT2D eigenvalue weighted by Crippen LogP contribution is -2.46. The quantitative estimate of drug-likeness (QED) is 0.479. The first-order valence-corrected chi connectivity index (χ1v) is 9.38. The van der Waals surface area contributed by atoms with E-state index in [0.717, 1.165) is 51.5 Å². The van der Waals surface area contributed by atoms with Gasteiger partial charge in [-0.05, 0) is 36.5 Å². The minimum Gasteiger partial charge on any atom is -0.370 e. The maximum Gasteiger partial charge on any atom is 0.217 e. The van der Waals surface area contributed by atoms with Crippen LogP contribution in [0.25, 0.3) is 0 Å². The fourth-order valence-corrected chi connectivity index (χ4v) is 3.74. The highest BCUT2D eigenvalue weighted by molar-refractivity contribution is 5.80. The topological polar surface area (TPSA) is 74.0 Å². The van der Waals surface area contributed by atoms with Gasteiger partial charge in [0.2, 0.25) is 5.91 Å². The third-order valence-electron chi connectivity index (χ3n) is 5.09. The molecule has 1 unspecified atom stereocenters. The molecule has 3 N–H and O–H groups in total. The van der Waals surface area contributed by atoms with Crippen LogP contribution >= 0.6 is 0 Å². The predicted octanol–water partition coefficient (Wildman–Crippen LogP) is 1.73. The van der Waals surface area contributed by atoms with Crippen LogP contribution < -0.4 is 16.0 Å². The van der Waals surface area contributed by atoms with Gasteiger partial charge in [0.1, 0.15) is 0 Å². The molecule has 26 heavy (non-hydrogen) atoms. The van der Waals surface area contributed by atoms with Gasteiger partial charge in [0.25, 0.3) is 0 Å². The maximum atomic E-state index is 11.2. The Hall–Kier alpha value is -2.50. The minimum absolute atomic E-state index is 0.215. The number of nitrogens with two attached hydrogens (primary N) is 1. The minimum atomic E-state index is -0.215. The van der Waals surface area contributed by atoms with Crippen molar-refractivity contribution in [2.75, 3.05) is 38.1 Å². The third-order valence-corrected chi connectivity index (χ3v) is 5.09. The molecule has 2 heterocycles. The van der Waals surface area contributed by atoms with E-state index in [-0.39, 0.29) is 5.91 Å². The molecule has 1 saturated heterocycles. The Kier molecular flexibility index (Phi) is 6.15. The van der Waals surface area contributed by atoms with E-state index in [2.05, 4.69) is 56.5 Å². The highest BCUT2D eigenvalue weighted by atomic mass is 16.1. The number of rotatable bonds is 5. The fraction of sp³-hybridized carbons (Fsp3) is 0.500. The average molecular weight is 355 g/mol. The van der Waals surface area contributed by atoms with E-state index in [0.29, 0.717) is 12.3 Å². The van der Waals surface area contributed by atoms with Crippen molar-refractivity contribution in [2.45, 2.75) is 25.8 Å². The lowest BCUT2D eigenvalue weighted by molar-refractivity contribution is -0.119. The number of carbonyl (C=O) groups excluding carboxylic acids is 1. The van der Waals surface area contributed by atoms with Crippen molar-refractivity contribution in [3.63, 3.8) is 0 Å². The molecule has 2 aliphatic rings. The molecule has 0 saturated carbocycles. The van der Waals surface area contributed by atoms with Crippen LogP contribution in [0.2, 0.25) is 0 Å². The summed E-state index contributed by atoms with van der Waals surface area (Å²) in [7, 11) is 1.81. The Morgan fingerprint density at radius 3 is 2.65 bits per heavy atom. The van der Waals surface area contributed by atoms with Gasteiger partial charge in [0.15, 0.2) is 5.96 Å². The van der Waals surface area contributed by atoms with Crippen molar-refractivity contribution in [1.29, 1.82) is 0 Å². The first-order chi connectivity index (χ1) is 12.7. The van der Waals surface area contributed by atoms with Crippen molar-refractivity contribution in [3.05, 3.63) is 42.0 Å². The number of aliphatic imine (C=N–C) groups is 1. The largest absolute Gasteiger partial charge is 0.370 e. The molecule has 1 aromatic rings. The van der Waals surface area contributed by atoms with Crippen LogP contribution in [0.1, 0.15) is 24.8 Å². The number of likely N-dealkylation sites (tertiary alicyclic amines) is 1. The first kappa shape index (κ1) is 18.3. The van der Waals surface area contributed by atoms with Crippen LogP contribution in [0.5, 0.6) is 0 Å². The molecule has 1 fully saturated rings. The van der Waals surface area contributed by atoms with E-state index in [4.69, 9.17) is 5.73 Å². The SMILES string of the molecule is CN=C(NCc1ccc(N2CC=CC2)cc1)N1CCCC(CC(N)=O)C1. The zero-order valence-electron chi connectivity index (χ0n) is 15.5. The molecule has 140 valence electrons. The number of amides is 1. The smallest absolute Gasteiger partial charge is 0.217 e. The summed E-state index contributed by atoms with van der Waals surface area (Å²) < 4.78 is 0. The van der Waals surface area contributed by atoms with Crippen molar-refractivity contribution >= 4 is 17.6 Å². The van der Waals surface area contributed by atoms with Crippen LogP contribution in [0.15, 0.2) is 41.4 Å². The number of hydrogen-bond donors (Lipinski definition) is 2. The second-order valence-electron chi connectivity index (χ2n) is 7.07. The zero-order chi connectivity index (χ0) is 18.4. The van der Waals surface area contributed by atoms with E-state index in [1.54, 1.807) is 0 Å². The summed E-state index contributed by atoms with van der Waals surface area (Å²) in [6.45, 7) is 4.53. The lowest BCUT2D eigenvalue weighted by Gasteiger charge is -2.34. The highest BCUT2D eigenvalue weighted by Crippen LogP contribution is 2.20. The molecule has 0 aliphatic carbocycles. The number of nitrogens with zero attached hydrogens (tertiary/aromatic N) is 3. The van der Waals surface area contributed by atoms with Gasteiger partial charge in [-0.25, -0.2) is 0 Å². The van der Waals surface area contributed by atoms with Crippen molar-refractivity contribution in [3.8, 4) is 0 Å². The number of benzene rings is 1. The van der Waals surface area contributed by atoms with Crippen molar-refractivity contribution in [2.24, 2.45) is 16.6 Å². The van der Waals surface area contributed by atoms with Crippen molar-refractivity contribution in [1.82, 2.24) is 10.2 Å². The molecule has 1 aromatic carbocycles. The van der Waals surface area contributed by atoms with Gasteiger partial charge < -0.3 is 20.9 Å². The summed E-state index contributed by atoms with van der Waals surface area (Å²) in [6.07, 6.45) is 6.98. The zero-order valence-corrected chi connectivity index (χ0v) is 15.5. The van der Waals surface area contributed by atoms with Gasteiger partial charge >= 0.3 is 0 Å². The number of guanidine groups is 1. The van der Waals surface area contributed by atoms with Gasteiger partial charge in [-0.15, -0.1) is 0 Å². The van der Waals surface area contributed by atoms with E-state index >= 15 is 0 Å². The van der Waals surface area contributed by atoms with E-state index in [1.165, 1.54) is 11.3 Å². The fourth-order valence-electron chi connectivity index (χ4n) is 3.74. The van der Waals surface area contributed by atoms with Crippen LogP contribution in [0.4, 0.5) is 5.69 Å². The lowest BCUT2D eigenvalue weighted by atomic mass is 9.95. The van der Waals surface area contributed by atoms with E-state index in [9.17, 15) is 4.79 Å². The summed E-state index contributed by atoms with van der Waals surface area (Å²) >= 11 is 0. The van der Waals surface area contributed by atoms with Crippen LogP contribution in [0, 0.1) is 5.92 Å². The number of anilines is 1. The number of primary amides is 1. The summed E-state index contributed by atoms with van der Waals surface area (Å²) in [5.74, 6) is 1.01. The highest BCUT2D eigenvalue weighted by Gasteiger charge is 2.23. The summed E-state index contributed by atoms with van der Waals surface area (Å²) in [4.78, 5) is 20.2. The van der Waals surface area contributed by atoms with Crippen molar-refractivity contribution < 1.29 is 4.79 Å². The summed E-state index contributed by atoms with van der Waals surface area (Å²) in [6, 6.07) is 8.69. The van der Waals surface area contributed by atoms with Gasteiger partial charge in [-0.1, -0.05) is 24.3 Å². The van der Waals surface area contributed by atoms with Gasteiger partial charge in [-0.3, -0.25) is 9.79 Å². The Morgan fingerprint density at radius 2 is 2.00 bits per heavy atom. The molecule has 6 heteroatoms. The Labute approximate surface area is 155 Å². The van der Waals surface area contributed by atoms with Gasteiger partial charge in [0.05, 0.1) is 0 Å². The standard InChI is InChI=1S/C20H29N5O/c1-22-20(25-12-4-5-17(15-25)13-19(21)26)23-14-16-6-8-18(9-7-16)24-10-2-3-11-24/h2-3,6-9,17H,4-5,10-15H2,1H3,(H2,21,26)(H,22,23). The Balaban J connectivity index is 1.52. The van der Waals surface area contributed by atoms with Crippen LogP contribution in [-0.2, 0) is 11.3 Å². The second-order valence-corrected chi connectivity index (χ2v) is 7.07. The Bertz CT molecular complexity index is 659. The predicted molar refractivity (Wildman–Crippen MR) is 106 cm³/mol. The summed E-state index contributed by atoms with van der Waals surface area (Å²) in [5.41, 5.74) is 7.85. The number of hydrogen-bond acceptors (Lipinski definition) is 3. The molecule has 0 spiro atoms. The average Bonchev–Trinajstić information content (AvgIpc) is 3.17. The molecule has 0 bridgehead atoms. The number of piperidine rings is 1.